The van der Waals surface area contributed by atoms with E-state index in [2.05, 4.69) is 15.9 Å². The molecule has 0 fully saturated rings. The van der Waals surface area contributed by atoms with Crippen molar-refractivity contribution in [3.8, 4) is 5.75 Å². The number of rotatable bonds is 0. The molecule has 1 aromatic heterocycles. The molecule has 1 atom stereocenters. The maximum absolute atomic E-state index is 14.3. The van der Waals surface area contributed by atoms with E-state index in [0.717, 1.165) is 0 Å². The molecular weight excluding hydrogens is 514 g/mol. The lowest BCUT2D eigenvalue weighted by molar-refractivity contribution is -0.124. The van der Waals surface area contributed by atoms with Crippen LogP contribution in [0, 0.1) is 0 Å². The van der Waals surface area contributed by atoms with Crippen LogP contribution in [0.2, 0.25) is 0 Å². The molecule has 8 heteroatoms. The number of benzene rings is 3. The van der Waals surface area contributed by atoms with Crippen molar-refractivity contribution in [3.63, 3.8) is 0 Å². The molecule has 0 N–H and O–H groups in total. The number of likely N-dealkylation sites (N-methyl/N-ethyl adjacent to an activating group) is 1. The summed E-state index contributed by atoms with van der Waals surface area (Å²) in [5.41, 5.74) is -4.03. The van der Waals surface area contributed by atoms with Crippen molar-refractivity contribution in [2.24, 2.45) is 0 Å². The summed E-state index contributed by atoms with van der Waals surface area (Å²) in [6, 6.07) is 18.2. The van der Waals surface area contributed by atoms with E-state index in [-0.39, 0.29) is 28.0 Å². The fraction of sp³-hybridized carbons (Fsp3) is 0.111. The van der Waals surface area contributed by atoms with Crippen molar-refractivity contribution in [1.82, 2.24) is 0 Å². The van der Waals surface area contributed by atoms with Crippen molar-refractivity contribution in [2.45, 2.75) is 11.0 Å². The van der Waals surface area contributed by atoms with E-state index in [1.165, 1.54) is 17.0 Å². The zero-order chi connectivity index (χ0) is 24.3. The predicted octanol–water partition coefficient (Wildman–Crippen LogP) is 4.03. The van der Waals surface area contributed by atoms with Crippen LogP contribution in [0.3, 0.4) is 0 Å². The summed E-state index contributed by atoms with van der Waals surface area (Å²) in [4.78, 5) is 57.7. The Morgan fingerprint density at radius 2 is 1.51 bits per heavy atom. The average molecular weight is 528 g/mol. The van der Waals surface area contributed by atoms with Crippen LogP contribution >= 0.6 is 15.9 Å². The fourth-order valence-electron chi connectivity index (χ4n) is 5.91. The highest BCUT2D eigenvalue weighted by Crippen LogP contribution is 2.63. The van der Waals surface area contributed by atoms with E-state index < -0.39 is 34.1 Å². The molecular formula is C27H14BrNO6. The SMILES string of the molecule is CN1C(=O)[C@]2(c3cc(Br)ccc31)c1c(c3ccccc3oc1=O)OC21C(=O)c2ccccc2C1=O. The Morgan fingerprint density at radius 1 is 0.857 bits per heavy atom. The van der Waals surface area contributed by atoms with Gasteiger partial charge in [0, 0.05) is 33.9 Å². The first-order valence-electron chi connectivity index (χ1n) is 10.9. The molecule has 2 aliphatic heterocycles. The van der Waals surface area contributed by atoms with Gasteiger partial charge in [-0.1, -0.05) is 52.3 Å². The second-order valence-electron chi connectivity index (χ2n) is 8.85. The highest BCUT2D eigenvalue weighted by atomic mass is 79.9. The number of nitrogens with zero attached hydrogens (tertiary/aromatic N) is 1. The van der Waals surface area contributed by atoms with Gasteiger partial charge in [-0.15, -0.1) is 0 Å². The molecule has 7 rings (SSSR count). The molecule has 1 amide bonds. The maximum Gasteiger partial charge on any atom is 0.344 e. The first-order chi connectivity index (χ1) is 16.8. The quantitative estimate of drug-likeness (QED) is 0.253. The van der Waals surface area contributed by atoms with Crippen LogP contribution in [0.5, 0.6) is 5.75 Å². The number of carbonyl (C=O) groups is 3. The van der Waals surface area contributed by atoms with Gasteiger partial charge in [0.15, 0.2) is 5.41 Å². The smallest absolute Gasteiger partial charge is 0.344 e. The molecule has 3 aromatic carbocycles. The summed E-state index contributed by atoms with van der Waals surface area (Å²) in [5, 5.41) is 0.397. The zero-order valence-corrected chi connectivity index (χ0v) is 19.7. The van der Waals surface area contributed by atoms with Gasteiger partial charge >= 0.3 is 5.63 Å². The average Bonchev–Trinajstić information content (AvgIpc) is 3.39. The molecule has 170 valence electrons. The van der Waals surface area contributed by atoms with Crippen LogP contribution in [0.4, 0.5) is 5.69 Å². The summed E-state index contributed by atoms with van der Waals surface area (Å²) in [6.45, 7) is 0. The Morgan fingerprint density at radius 3 is 2.23 bits per heavy atom. The van der Waals surface area contributed by atoms with Crippen LogP contribution in [-0.2, 0) is 10.2 Å². The molecule has 0 saturated carbocycles. The maximum atomic E-state index is 14.3. The Bertz CT molecular complexity index is 1720. The summed E-state index contributed by atoms with van der Waals surface area (Å²) < 4.78 is 12.6. The number of ether oxygens (including phenoxy) is 1. The monoisotopic (exact) mass is 527 g/mol. The molecule has 2 spiro atoms. The van der Waals surface area contributed by atoms with Gasteiger partial charge < -0.3 is 14.1 Å². The highest BCUT2D eigenvalue weighted by Gasteiger charge is 2.80. The molecule has 0 radical (unpaired) electrons. The van der Waals surface area contributed by atoms with Crippen molar-refractivity contribution in [2.75, 3.05) is 11.9 Å². The number of para-hydroxylation sites is 1. The first kappa shape index (κ1) is 20.3. The lowest BCUT2D eigenvalue weighted by Gasteiger charge is -2.34. The molecule has 0 unspecified atom stereocenters. The Balaban J connectivity index is 1.72. The number of fused-ring (bicyclic) bond motifs is 8. The summed E-state index contributed by atoms with van der Waals surface area (Å²) in [5.74, 6) is -1.91. The molecule has 7 nitrogen and oxygen atoms in total. The molecule has 4 aromatic rings. The van der Waals surface area contributed by atoms with Gasteiger partial charge in [0.05, 0.1) is 5.39 Å². The van der Waals surface area contributed by atoms with Crippen LogP contribution in [0.15, 0.2) is 80.4 Å². The molecule has 3 heterocycles. The van der Waals surface area contributed by atoms with Crippen LogP contribution in [0.25, 0.3) is 11.0 Å². The Hall–Kier alpha value is -4.04. The standard InChI is InChI=1S/C27H14BrNO6/c1-29-18-11-10-13(28)12-17(18)26(25(29)33)20-21(16-8-4-5-9-19(16)34-24(20)32)35-27(26)22(30)14-6-2-3-7-15(14)23(27)31/h2-12H,1H3/t26-/m0/s1. The van der Waals surface area contributed by atoms with Crippen LogP contribution < -0.4 is 15.3 Å². The number of hydrogen-bond donors (Lipinski definition) is 0. The summed E-state index contributed by atoms with van der Waals surface area (Å²) >= 11 is 3.45. The summed E-state index contributed by atoms with van der Waals surface area (Å²) in [6.07, 6.45) is 0. The van der Waals surface area contributed by atoms with E-state index in [4.69, 9.17) is 9.15 Å². The molecule has 0 bridgehead atoms. The lowest BCUT2D eigenvalue weighted by atomic mass is 9.63. The van der Waals surface area contributed by atoms with Crippen molar-refractivity contribution < 1.29 is 23.5 Å². The van der Waals surface area contributed by atoms with E-state index in [0.29, 0.717) is 21.1 Å². The van der Waals surface area contributed by atoms with Crippen molar-refractivity contribution in [3.05, 3.63) is 104 Å². The Labute approximate surface area is 206 Å². The van der Waals surface area contributed by atoms with Gasteiger partial charge in [0.1, 0.15) is 16.9 Å². The zero-order valence-electron chi connectivity index (χ0n) is 18.1. The molecule has 3 aliphatic rings. The number of carbonyl (C=O) groups excluding carboxylic acids is 3. The second-order valence-corrected chi connectivity index (χ2v) is 9.77. The topological polar surface area (TPSA) is 93.9 Å². The number of anilines is 1. The third-order valence-electron chi connectivity index (χ3n) is 7.33. The third kappa shape index (κ3) is 2.05. The van der Waals surface area contributed by atoms with Gasteiger partial charge in [-0.2, -0.15) is 0 Å². The summed E-state index contributed by atoms with van der Waals surface area (Å²) in [7, 11) is 1.55. The molecule has 35 heavy (non-hydrogen) atoms. The number of ketones is 2. The van der Waals surface area contributed by atoms with Crippen molar-refractivity contribution >= 4 is 50.1 Å². The minimum absolute atomic E-state index is 0.0148. The number of hydrogen-bond acceptors (Lipinski definition) is 6. The lowest BCUT2D eigenvalue weighted by Crippen LogP contribution is -2.64. The van der Waals surface area contributed by atoms with Gasteiger partial charge in [-0.05, 0) is 30.3 Å². The highest BCUT2D eigenvalue weighted by molar-refractivity contribution is 9.10. The number of amides is 1. The Kier molecular flexibility index (Phi) is 3.68. The fourth-order valence-corrected chi connectivity index (χ4v) is 6.27. The van der Waals surface area contributed by atoms with Crippen molar-refractivity contribution in [1.29, 1.82) is 0 Å². The number of halogens is 1. The van der Waals surface area contributed by atoms with E-state index in [1.54, 1.807) is 61.6 Å². The van der Waals surface area contributed by atoms with Gasteiger partial charge in [0.25, 0.3) is 5.60 Å². The van der Waals surface area contributed by atoms with Crippen LogP contribution in [-0.4, -0.2) is 30.1 Å². The minimum Gasteiger partial charge on any atom is -0.467 e. The van der Waals surface area contributed by atoms with Gasteiger partial charge in [-0.3, -0.25) is 14.4 Å². The minimum atomic E-state index is -2.32. The van der Waals surface area contributed by atoms with E-state index >= 15 is 0 Å². The second kappa shape index (κ2) is 6.34. The molecule has 1 aliphatic carbocycles. The van der Waals surface area contributed by atoms with Gasteiger partial charge in [-0.25, -0.2) is 4.79 Å². The number of Topliss-reactive ketones (excluding diaryl/α,β-unsaturated/α-hetero) is 2. The first-order valence-corrected chi connectivity index (χ1v) is 11.7. The van der Waals surface area contributed by atoms with Crippen LogP contribution in [0.1, 0.15) is 31.8 Å². The normalized spacial score (nSPS) is 21.1. The largest absolute Gasteiger partial charge is 0.467 e. The predicted molar refractivity (Wildman–Crippen MR) is 129 cm³/mol. The van der Waals surface area contributed by atoms with E-state index in [9.17, 15) is 19.2 Å². The van der Waals surface area contributed by atoms with E-state index in [1.807, 2.05) is 0 Å². The third-order valence-corrected chi connectivity index (χ3v) is 7.82. The molecule has 0 saturated heterocycles. The van der Waals surface area contributed by atoms with Gasteiger partial charge in [0.2, 0.25) is 17.5 Å².